The van der Waals surface area contributed by atoms with Gasteiger partial charge in [0.05, 0.1) is 5.54 Å². The molecular formula is C4H9N5. The fraction of sp³-hybridized carbons (Fsp3) is 1.00. The van der Waals surface area contributed by atoms with Crippen molar-refractivity contribution >= 4 is 0 Å². The molecule has 1 aromatic rings. The van der Waals surface area contributed by atoms with E-state index in [9.17, 15) is 0 Å². The first kappa shape index (κ1) is 6.12. The molecule has 0 aliphatic carbocycles. The van der Waals surface area contributed by atoms with Crippen LogP contribution >= 0.6 is 0 Å². The minimum atomic E-state index is -0.108. The maximum atomic E-state index is 3.63. The molecular weight excluding hydrogens is 118 g/mol. The Balaban J connectivity index is 2.90. The lowest BCUT2D eigenvalue weighted by Gasteiger charge is -2.13. The van der Waals surface area contributed by atoms with E-state index in [2.05, 4.69) is 20.9 Å². The van der Waals surface area contributed by atoms with E-state index in [-0.39, 0.29) is 5.54 Å². The van der Waals surface area contributed by atoms with Gasteiger partial charge in [0, 0.05) is 0 Å². The van der Waals surface area contributed by atoms with Gasteiger partial charge in [-0.25, -0.2) is 0 Å². The van der Waals surface area contributed by atoms with Crippen LogP contribution in [-0.2, 0) is 5.54 Å². The zero-order chi connectivity index (χ0) is 6.91. The molecule has 0 radical (unpaired) electrons. The Hall–Kier alpha value is -1.00. The highest BCUT2D eigenvalue weighted by atomic mass is 15.7. The molecule has 0 spiro atoms. The van der Waals surface area contributed by atoms with Crippen LogP contribution in [0.2, 0.25) is 0 Å². The first-order chi connectivity index (χ1) is 4.11. The first-order valence-electron chi connectivity index (χ1n) is 2.72. The van der Waals surface area contributed by atoms with Crippen LogP contribution in [0.15, 0.2) is 0 Å². The summed E-state index contributed by atoms with van der Waals surface area (Å²) in [5.74, 6) is 0. The minimum Gasteiger partial charge on any atom is -0.139 e. The van der Waals surface area contributed by atoms with Crippen LogP contribution in [0.3, 0.4) is 0 Å². The monoisotopic (exact) mass is 127 g/mol. The van der Waals surface area contributed by atoms with Crippen molar-refractivity contribution in [1.29, 1.82) is 0 Å². The van der Waals surface area contributed by atoms with Crippen LogP contribution in [0.4, 0.5) is 0 Å². The van der Waals surface area contributed by atoms with Gasteiger partial charge in [0.15, 0.2) is 0 Å². The van der Waals surface area contributed by atoms with E-state index in [0.717, 1.165) is 0 Å². The van der Waals surface area contributed by atoms with Gasteiger partial charge in [-0.15, -0.1) is 4.80 Å². The Morgan fingerprint density at radius 3 is 1.67 bits per heavy atom. The molecule has 1 aromatic heterocycles. The van der Waals surface area contributed by atoms with Crippen molar-refractivity contribution in [2.75, 3.05) is 0 Å². The van der Waals surface area contributed by atoms with Crippen molar-refractivity contribution in [3.05, 3.63) is 0 Å². The molecule has 0 atom stereocenters. The van der Waals surface area contributed by atoms with E-state index in [1.165, 1.54) is 4.80 Å². The Morgan fingerprint density at radius 2 is 1.44 bits per heavy atom. The second kappa shape index (κ2) is 1.75. The summed E-state index contributed by atoms with van der Waals surface area (Å²) >= 11 is 0. The number of hydrogen-bond donors (Lipinski definition) is 0. The van der Waals surface area contributed by atoms with E-state index in [1.54, 1.807) is 0 Å². The van der Waals surface area contributed by atoms with Crippen molar-refractivity contribution in [1.82, 2.24) is 25.7 Å². The van der Waals surface area contributed by atoms with Gasteiger partial charge in [0.25, 0.3) is 0 Å². The van der Waals surface area contributed by atoms with E-state index in [4.69, 9.17) is 0 Å². The Kier molecular flexibility index (Phi) is 1.19. The van der Waals surface area contributed by atoms with E-state index in [1.807, 2.05) is 20.8 Å². The molecule has 9 heavy (non-hydrogen) atoms. The fourth-order valence-electron chi connectivity index (χ4n) is 0.398. The molecule has 50 valence electrons. The first-order valence-corrected chi connectivity index (χ1v) is 2.72. The maximum absolute atomic E-state index is 3.63. The lowest BCUT2D eigenvalue weighted by Crippen LogP contribution is -2.24. The van der Waals surface area contributed by atoms with Crippen LogP contribution in [0.25, 0.3) is 0 Å². The smallest absolute Gasteiger partial charge is 0.0776 e. The molecule has 0 saturated heterocycles. The van der Waals surface area contributed by atoms with Crippen molar-refractivity contribution in [2.24, 2.45) is 0 Å². The molecule has 0 amide bonds. The number of aromatic nitrogens is 5. The number of hydrogen-bond acceptors (Lipinski definition) is 4. The Bertz CT molecular complexity index is 171. The molecule has 0 fully saturated rings. The highest BCUT2D eigenvalue weighted by Crippen LogP contribution is 2.06. The summed E-state index contributed by atoms with van der Waals surface area (Å²) in [5.41, 5.74) is -0.108. The molecule has 0 bridgehead atoms. The summed E-state index contributed by atoms with van der Waals surface area (Å²) in [6, 6.07) is 0. The predicted molar refractivity (Wildman–Crippen MR) is 30.6 cm³/mol. The van der Waals surface area contributed by atoms with Gasteiger partial charge in [-0.2, -0.15) is 0 Å². The lowest BCUT2D eigenvalue weighted by atomic mass is 10.1. The van der Waals surface area contributed by atoms with Gasteiger partial charge in [-0.1, -0.05) is 0 Å². The zero-order valence-corrected chi connectivity index (χ0v) is 5.74. The average molecular weight is 127 g/mol. The summed E-state index contributed by atoms with van der Waals surface area (Å²) in [6.07, 6.45) is 0. The van der Waals surface area contributed by atoms with Crippen molar-refractivity contribution in [3.8, 4) is 0 Å². The largest absolute Gasteiger partial charge is 0.139 e. The topological polar surface area (TPSA) is 56.5 Å². The van der Waals surface area contributed by atoms with Crippen molar-refractivity contribution in [2.45, 2.75) is 26.3 Å². The summed E-state index contributed by atoms with van der Waals surface area (Å²) in [7, 11) is 0. The summed E-state index contributed by atoms with van der Waals surface area (Å²) in [4.78, 5) is 1.47. The molecule has 0 aliphatic heterocycles. The van der Waals surface area contributed by atoms with Gasteiger partial charge < -0.3 is 0 Å². The van der Waals surface area contributed by atoms with Crippen molar-refractivity contribution in [3.63, 3.8) is 0 Å². The molecule has 0 aliphatic rings. The standard InChI is InChI=1S/C4H9N5/c1-4(2,3)9-7-5-6-8-9/h1-3H3. The van der Waals surface area contributed by atoms with E-state index in [0.29, 0.717) is 0 Å². The Morgan fingerprint density at radius 1 is 1.00 bits per heavy atom. The third-order valence-electron chi connectivity index (χ3n) is 0.889. The van der Waals surface area contributed by atoms with Crippen molar-refractivity contribution < 1.29 is 0 Å². The predicted octanol–water partition coefficient (Wildman–Crippen LogP) is -0.177. The maximum Gasteiger partial charge on any atom is 0.0776 e. The third kappa shape index (κ3) is 1.22. The lowest BCUT2D eigenvalue weighted by molar-refractivity contribution is 0.302. The van der Waals surface area contributed by atoms with E-state index >= 15 is 0 Å². The molecule has 5 heteroatoms. The highest BCUT2D eigenvalue weighted by Gasteiger charge is 2.14. The quantitative estimate of drug-likeness (QED) is 0.485. The van der Waals surface area contributed by atoms with Gasteiger partial charge >= 0.3 is 0 Å². The third-order valence-corrected chi connectivity index (χ3v) is 0.889. The van der Waals surface area contributed by atoms with Crippen LogP contribution in [0.1, 0.15) is 20.8 Å². The number of nitrogens with zero attached hydrogens (tertiary/aromatic N) is 5. The van der Waals surface area contributed by atoms with Gasteiger partial charge in [0.1, 0.15) is 0 Å². The average Bonchev–Trinajstić information content (AvgIpc) is 2.08. The zero-order valence-electron chi connectivity index (χ0n) is 5.74. The van der Waals surface area contributed by atoms with Crippen LogP contribution in [0.5, 0.6) is 0 Å². The number of rotatable bonds is 0. The summed E-state index contributed by atoms with van der Waals surface area (Å²) < 4.78 is 0. The normalized spacial score (nSPS) is 11.9. The van der Waals surface area contributed by atoms with Gasteiger partial charge in [-0.3, -0.25) is 0 Å². The van der Waals surface area contributed by atoms with E-state index < -0.39 is 0 Å². The van der Waals surface area contributed by atoms with Crippen LogP contribution in [0, 0.1) is 0 Å². The highest BCUT2D eigenvalue weighted by molar-refractivity contribution is 4.60. The van der Waals surface area contributed by atoms with Gasteiger partial charge in [0.2, 0.25) is 0 Å². The van der Waals surface area contributed by atoms with Gasteiger partial charge in [-0.05, 0) is 41.6 Å². The molecule has 1 rings (SSSR count). The molecule has 0 aromatic carbocycles. The molecule has 1 heterocycles. The van der Waals surface area contributed by atoms with Crippen LogP contribution in [-0.4, -0.2) is 25.7 Å². The van der Waals surface area contributed by atoms with Crippen LogP contribution < -0.4 is 0 Å². The summed E-state index contributed by atoms with van der Waals surface area (Å²) in [6.45, 7) is 5.95. The molecule has 0 unspecified atom stereocenters. The SMILES string of the molecule is CC(C)(C)n1nnnn1. The molecule has 0 saturated carbocycles. The molecule has 0 N–H and O–H groups in total. The molecule has 5 nitrogen and oxygen atoms in total. The second-order valence-electron chi connectivity index (χ2n) is 2.82. The summed E-state index contributed by atoms with van der Waals surface area (Å²) in [5, 5.41) is 13.9. The fourth-order valence-corrected chi connectivity index (χ4v) is 0.398. The second-order valence-corrected chi connectivity index (χ2v) is 2.82. The minimum absolute atomic E-state index is 0.108. The Labute approximate surface area is 53.0 Å².